The summed E-state index contributed by atoms with van der Waals surface area (Å²) in [7, 11) is 0. The van der Waals surface area contributed by atoms with Crippen molar-refractivity contribution in [1.29, 1.82) is 0 Å². The molecule has 0 saturated heterocycles. The Kier molecular flexibility index (Phi) is 3.27. The van der Waals surface area contributed by atoms with Gasteiger partial charge < -0.3 is 5.32 Å². The van der Waals surface area contributed by atoms with Crippen LogP contribution in [0.15, 0.2) is 12.1 Å². The van der Waals surface area contributed by atoms with Gasteiger partial charge in [0.1, 0.15) is 5.02 Å². The van der Waals surface area contributed by atoms with E-state index in [2.05, 4.69) is 5.32 Å². The molecule has 0 radical (unpaired) electrons. The zero-order valence-electron chi connectivity index (χ0n) is 6.66. The largest absolute Gasteiger partial charge is 0.327 e. The third kappa shape index (κ3) is 2.12. The van der Waals surface area contributed by atoms with Gasteiger partial charge in [0.25, 0.3) is 5.69 Å². The topological polar surface area (TPSA) is 72.2 Å². The number of nitro groups is 1. The first-order chi connectivity index (χ1) is 6.56. The summed E-state index contributed by atoms with van der Waals surface area (Å²) < 4.78 is 0. The van der Waals surface area contributed by atoms with E-state index in [0.717, 1.165) is 6.07 Å². The standard InChI is InChI=1S/C7H4Cl2N2O3/c8-4-2-7(11(13)14)5(9)1-6(4)10-3-12/h1-3H,(H,10,12). The Morgan fingerprint density at radius 1 is 1.36 bits per heavy atom. The second kappa shape index (κ2) is 4.26. The molecular formula is C7H4Cl2N2O3. The summed E-state index contributed by atoms with van der Waals surface area (Å²) >= 11 is 11.2. The fraction of sp³-hybridized carbons (Fsp3) is 0. The molecule has 0 spiro atoms. The minimum Gasteiger partial charge on any atom is -0.327 e. The number of rotatable bonds is 3. The van der Waals surface area contributed by atoms with Crippen LogP contribution >= 0.6 is 23.2 Å². The molecule has 0 fully saturated rings. The number of amides is 1. The molecular weight excluding hydrogens is 231 g/mol. The number of hydrogen-bond donors (Lipinski definition) is 1. The summed E-state index contributed by atoms with van der Waals surface area (Å²) in [4.78, 5) is 19.9. The number of nitro benzene ring substituents is 1. The molecule has 1 aromatic carbocycles. The first-order valence-electron chi connectivity index (χ1n) is 3.40. The van der Waals surface area contributed by atoms with Crippen molar-refractivity contribution in [3.63, 3.8) is 0 Å². The van der Waals surface area contributed by atoms with Crippen LogP contribution in [0.4, 0.5) is 11.4 Å². The third-order valence-electron chi connectivity index (χ3n) is 1.45. The first-order valence-corrected chi connectivity index (χ1v) is 4.15. The zero-order valence-corrected chi connectivity index (χ0v) is 8.17. The summed E-state index contributed by atoms with van der Waals surface area (Å²) in [6.07, 6.45) is 0.406. The Balaban J connectivity index is 3.23. The first kappa shape index (κ1) is 10.7. The predicted octanol–water partition coefficient (Wildman–Crippen LogP) is 2.47. The maximum Gasteiger partial charge on any atom is 0.289 e. The van der Waals surface area contributed by atoms with Crippen molar-refractivity contribution >= 4 is 41.0 Å². The van der Waals surface area contributed by atoms with E-state index in [1.165, 1.54) is 6.07 Å². The quantitative estimate of drug-likeness (QED) is 0.496. The molecule has 1 amide bonds. The molecule has 1 N–H and O–H groups in total. The van der Waals surface area contributed by atoms with Gasteiger partial charge in [-0.15, -0.1) is 0 Å². The van der Waals surface area contributed by atoms with Crippen molar-refractivity contribution in [1.82, 2.24) is 0 Å². The fourth-order valence-electron chi connectivity index (χ4n) is 0.850. The van der Waals surface area contributed by atoms with Crippen molar-refractivity contribution < 1.29 is 9.72 Å². The van der Waals surface area contributed by atoms with Crippen LogP contribution in [0.5, 0.6) is 0 Å². The summed E-state index contributed by atoms with van der Waals surface area (Å²) in [5.74, 6) is 0. The molecule has 0 saturated carbocycles. The van der Waals surface area contributed by atoms with Crippen LogP contribution in [0.1, 0.15) is 0 Å². The second-order valence-electron chi connectivity index (χ2n) is 2.30. The molecule has 0 heterocycles. The lowest BCUT2D eigenvalue weighted by molar-refractivity contribution is -0.384. The van der Waals surface area contributed by atoms with Crippen LogP contribution < -0.4 is 5.32 Å². The molecule has 14 heavy (non-hydrogen) atoms. The van der Waals surface area contributed by atoms with Crippen LogP contribution in [-0.2, 0) is 4.79 Å². The van der Waals surface area contributed by atoms with E-state index in [-0.39, 0.29) is 21.4 Å². The highest BCUT2D eigenvalue weighted by Crippen LogP contribution is 2.33. The molecule has 0 aliphatic rings. The number of halogens is 2. The molecule has 1 aromatic rings. The van der Waals surface area contributed by atoms with Gasteiger partial charge in [0.2, 0.25) is 6.41 Å². The minimum atomic E-state index is -0.654. The maximum absolute atomic E-state index is 10.4. The Morgan fingerprint density at radius 2 is 2.00 bits per heavy atom. The van der Waals surface area contributed by atoms with E-state index < -0.39 is 4.92 Å². The molecule has 0 aliphatic heterocycles. The Bertz CT molecular complexity index is 395. The van der Waals surface area contributed by atoms with Gasteiger partial charge in [-0.1, -0.05) is 23.2 Å². The molecule has 0 bridgehead atoms. The van der Waals surface area contributed by atoms with Gasteiger partial charge in [0.15, 0.2) is 0 Å². The van der Waals surface area contributed by atoms with Crippen LogP contribution in [-0.4, -0.2) is 11.3 Å². The smallest absolute Gasteiger partial charge is 0.289 e. The SMILES string of the molecule is O=CNc1cc(Cl)c([N+](=O)[O-])cc1Cl. The fourth-order valence-corrected chi connectivity index (χ4v) is 1.30. The molecule has 0 unspecified atom stereocenters. The zero-order chi connectivity index (χ0) is 10.7. The van der Waals surface area contributed by atoms with E-state index in [0.29, 0.717) is 6.41 Å². The normalized spacial score (nSPS) is 9.57. The number of hydrogen-bond acceptors (Lipinski definition) is 3. The minimum absolute atomic E-state index is 0.0631. The second-order valence-corrected chi connectivity index (χ2v) is 3.12. The van der Waals surface area contributed by atoms with Gasteiger partial charge in [-0.2, -0.15) is 0 Å². The lowest BCUT2D eigenvalue weighted by Crippen LogP contribution is -1.96. The van der Waals surface area contributed by atoms with E-state index in [1.54, 1.807) is 0 Å². The Hall–Kier alpha value is -1.33. The Labute approximate surface area is 88.8 Å². The molecule has 0 aliphatic carbocycles. The predicted molar refractivity (Wildman–Crippen MR) is 52.8 cm³/mol. The van der Waals surface area contributed by atoms with Crippen molar-refractivity contribution in [3.8, 4) is 0 Å². The van der Waals surface area contributed by atoms with Crippen LogP contribution in [0.25, 0.3) is 0 Å². The highest BCUT2D eigenvalue weighted by Gasteiger charge is 2.15. The van der Waals surface area contributed by atoms with Gasteiger partial charge in [0, 0.05) is 6.07 Å². The highest BCUT2D eigenvalue weighted by molar-refractivity contribution is 6.37. The maximum atomic E-state index is 10.4. The summed E-state index contributed by atoms with van der Waals surface area (Å²) in [5.41, 5.74) is -0.0645. The van der Waals surface area contributed by atoms with Gasteiger partial charge in [0.05, 0.1) is 15.6 Å². The van der Waals surface area contributed by atoms with Gasteiger partial charge in [-0.05, 0) is 6.07 Å². The Morgan fingerprint density at radius 3 is 2.50 bits per heavy atom. The van der Waals surface area contributed by atoms with Crippen molar-refractivity contribution in [3.05, 3.63) is 32.3 Å². The number of anilines is 1. The highest BCUT2D eigenvalue weighted by atomic mass is 35.5. The van der Waals surface area contributed by atoms with Crippen LogP contribution in [0, 0.1) is 10.1 Å². The average molecular weight is 235 g/mol. The number of carbonyl (C=O) groups is 1. The van der Waals surface area contributed by atoms with Crippen LogP contribution in [0.2, 0.25) is 10.0 Å². The molecule has 74 valence electrons. The lowest BCUT2D eigenvalue weighted by Gasteiger charge is -2.02. The van der Waals surface area contributed by atoms with Crippen molar-refractivity contribution in [2.45, 2.75) is 0 Å². The number of nitrogens with zero attached hydrogens (tertiary/aromatic N) is 1. The van der Waals surface area contributed by atoms with E-state index in [9.17, 15) is 14.9 Å². The average Bonchev–Trinajstić information content (AvgIpc) is 2.10. The van der Waals surface area contributed by atoms with Crippen molar-refractivity contribution in [2.75, 3.05) is 5.32 Å². The molecule has 0 aromatic heterocycles. The van der Waals surface area contributed by atoms with E-state index in [1.807, 2.05) is 0 Å². The van der Waals surface area contributed by atoms with Crippen molar-refractivity contribution in [2.24, 2.45) is 0 Å². The van der Waals surface area contributed by atoms with Gasteiger partial charge in [-0.3, -0.25) is 14.9 Å². The monoisotopic (exact) mass is 234 g/mol. The molecule has 1 rings (SSSR count). The summed E-state index contributed by atoms with van der Waals surface area (Å²) in [6, 6.07) is 2.30. The summed E-state index contributed by atoms with van der Waals surface area (Å²) in [6.45, 7) is 0. The van der Waals surface area contributed by atoms with E-state index in [4.69, 9.17) is 23.2 Å². The number of nitrogens with one attached hydrogen (secondary N) is 1. The number of benzene rings is 1. The van der Waals surface area contributed by atoms with Crippen LogP contribution in [0.3, 0.4) is 0 Å². The van der Waals surface area contributed by atoms with Gasteiger partial charge in [-0.25, -0.2) is 0 Å². The molecule has 5 nitrogen and oxygen atoms in total. The number of carbonyl (C=O) groups excluding carboxylic acids is 1. The third-order valence-corrected chi connectivity index (χ3v) is 2.06. The molecule has 7 heteroatoms. The lowest BCUT2D eigenvalue weighted by atomic mass is 10.3. The van der Waals surface area contributed by atoms with E-state index >= 15 is 0 Å². The van der Waals surface area contributed by atoms with Gasteiger partial charge >= 0.3 is 0 Å². The molecule has 0 atom stereocenters. The summed E-state index contributed by atoms with van der Waals surface area (Å²) in [5, 5.41) is 12.7.